The fourth-order valence-corrected chi connectivity index (χ4v) is 1.66. The number of carbonyl (C=O) groups is 2. The third kappa shape index (κ3) is 1.44. The van der Waals surface area contributed by atoms with Crippen molar-refractivity contribution in [2.75, 3.05) is 6.54 Å². The van der Waals surface area contributed by atoms with Gasteiger partial charge in [0.25, 0.3) is 0 Å². The second-order valence-corrected chi connectivity index (χ2v) is 3.40. The molecule has 1 rings (SSSR count). The predicted octanol–water partition coefficient (Wildman–Crippen LogP) is -0.370. The molecule has 1 aliphatic heterocycles. The first-order valence-electron chi connectivity index (χ1n) is 2.81. The van der Waals surface area contributed by atoms with Crippen LogP contribution in [0.4, 0.5) is 4.79 Å². The molecular formula is C5H7NO2Sn. The van der Waals surface area contributed by atoms with E-state index < -0.39 is 0 Å². The zero-order chi connectivity index (χ0) is 6.85. The molecule has 2 amide bonds. The van der Waals surface area contributed by atoms with Crippen LogP contribution in [0.3, 0.4) is 0 Å². The van der Waals surface area contributed by atoms with Gasteiger partial charge in [-0.25, -0.2) is 0 Å². The summed E-state index contributed by atoms with van der Waals surface area (Å²) in [5, 5.41) is 0. The van der Waals surface area contributed by atoms with Crippen LogP contribution in [0, 0.1) is 0 Å². The van der Waals surface area contributed by atoms with Crippen LogP contribution >= 0.6 is 0 Å². The number of carbonyl (C=O) groups excluding carboxylic acids is 2. The van der Waals surface area contributed by atoms with Gasteiger partial charge in [0, 0.05) is 0 Å². The van der Waals surface area contributed by atoms with E-state index in [-0.39, 0.29) is 9.83 Å². The van der Waals surface area contributed by atoms with Gasteiger partial charge in [0.05, 0.1) is 0 Å². The standard InChI is InChI=1S/C5H6NO2.Sn.H/c7-4-6-3-1-2-5(6)8;;/h1-3H2;;. The van der Waals surface area contributed by atoms with Gasteiger partial charge in [0.15, 0.2) is 0 Å². The number of amides is 2. The zero-order valence-corrected chi connectivity index (χ0v) is 8.26. The predicted molar refractivity (Wildman–Crippen MR) is 33.5 cm³/mol. The van der Waals surface area contributed by atoms with Crippen molar-refractivity contribution in [2.24, 2.45) is 0 Å². The zero-order valence-electron chi connectivity index (χ0n) is 4.96. The molecule has 2 radical (unpaired) electrons. The molecule has 1 aliphatic rings. The van der Waals surface area contributed by atoms with E-state index in [0.29, 0.717) is 35.5 Å². The molecule has 0 aliphatic carbocycles. The fourth-order valence-electron chi connectivity index (χ4n) is 0.881. The Morgan fingerprint density at radius 1 is 1.67 bits per heavy atom. The molecule has 0 atom stereocenters. The summed E-state index contributed by atoms with van der Waals surface area (Å²) in [5.41, 5.74) is 0. The van der Waals surface area contributed by atoms with Crippen LogP contribution in [0.5, 0.6) is 0 Å². The molecule has 1 fully saturated rings. The molecule has 48 valence electrons. The van der Waals surface area contributed by atoms with Crippen LogP contribution in [0.15, 0.2) is 0 Å². The third-order valence-corrected chi connectivity index (χ3v) is 2.23. The number of nitrogens with zero attached hydrogens (tertiary/aromatic N) is 1. The molecule has 4 heteroatoms. The van der Waals surface area contributed by atoms with Crippen LogP contribution in [-0.4, -0.2) is 43.8 Å². The third-order valence-electron chi connectivity index (χ3n) is 1.34. The van der Waals surface area contributed by atoms with E-state index in [1.54, 1.807) is 0 Å². The van der Waals surface area contributed by atoms with Gasteiger partial charge in [-0.15, -0.1) is 0 Å². The first kappa shape index (κ1) is 7.05. The van der Waals surface area contributed by atoms with Crippen LogP contribution in [-0.2, 0) is 4.79 Å². The summed E-state index contributed by atoms with van der Waals surface area (Å²) in [4.78, 5) is 22.7. The van der Waals surface area contributed by atoms with Gasteiger partial charge in [0.1, 0.15) is 0 Å². The Bertz CT molecular complexity index is 157. The Morgan fingerprint density at radius 3 is 2.56 bits per heavy atom. The quantitative estimate of drug-likeness (QED) is 0.534. The van der Waals surface area contributed by atoms with E-state index >= 15 is 0 Å². The van der Waals surface area contributed by atoms with E-state index in [1.165, 1.54) is 4.90 Å². The number of imide groups is 1. The summed E-state index contributed by atoms with van der Waals surface area (Å²) < 4.78 is 0.00269. The van der Waals surface area contributed by atoms with Crippen LogP contribution < -0.4 is 0 Å². The van der Waals surface area contributed by atoms with E-state index in [1.807, 2.05) is 0 Å². The molecule has 0 aromatic heterocycles. The summed E-state index contributed by atoms with van der Waals surface area (Å²) in [7, 11) is 0. The molecular weight excluding hydrogens is 225 g/mol. The SMILES string of the molecule is O=[C]([SnH])N1CCCC1=O. The molecule has 0 saturated carbocycles. The molecule has 0 bridgehead atoms. The van der Waals surface area contributed by atoms with Crippen molar-refractivity contribution in [1.82, 2.24) is 4.90 Å². The molecule has 9 heavy (non-hydrogen) atoms. The molecule has 0 aromatic carbocycles. The number of hydrogen-bond acceptors (Lipinski definition) is 2. The van der Waals surface area contributed by atoms with Gasteiger partial charge in [0.2, 0.25) is 0 Å². The average molecular weight is 232 g/mol. The van der Waals surface area contributed by atoms with Crippen molar-refractivity contribution in [3.05, 3.63) is 0 Å². The fraction of sp³-hybridized carbons (Fsp3) is 0.600. The number of rotatable bonds is 0. The Balaban J connectivity index is 2.60. The molecule has 0 unspecified atom stereocenters. The maximum atomic E-state index is 10.7. The summed E-state index contributed by atoms with van der Waals surface area (Å²) in [5.74, 6) is 0.00704. The van der Waals surface area contributed by atoms with Crippen molar-refractivity contribution < 1.29 is 9.59 Å². The van der Waals surface area contributed by atoms with E-state index in [4.69, 9.17) is 0 Å². The minimum absolute atomic E-state index is 0.00269. The van der Waals surface area contributed by atoms with Gasteiger partial charge in [-0.2, -0.15) is 0 Å². The van der Waals surface area contributed by atoms with Crippen molar-refractivity contribution >= 4 is 32.4 Å². The van der Waals surface area contributed by atoms with E-state index in [0.717, 1.165) is 6.42 Å². The van der Waals surface area contributed by atoms with Gasteiger partial charge >= 0.3 is 66.2 Å². The Labute approximate surface area is 66.5 Å². The molecule has 1 heterocycles. The number of hydrogen-bond donors (Lipinski definition) is 0. The monoisotopic (exact) mass is 233 g/mol. The topological polar surface area (TPSA) is 37.4 Å². The molecule has 3 nitrogen and oxygen atoms in total. The second kappa shape index (κ2) is 2.68. The van der Waals surface area contributed by atoms with Gasteiger partial charge in [-0.1, -0.05) is 0 Å². The first-order chi connectivity index (χ1) is 4.22. The summed E-state index contributed by atoms with van der Waals surface area (Å²) in [6.45, 7) is 0.652. The molecule has 0 N–H and O–H groups in total. The van der Waals surface area contributed by atoms with Crippen LogP contribution in [0.2, 0.25) is 0 Å². The van der Waals surface area contributed by atoms with Gasteiger partial charge < -0.3 is 0 Å². The summed E-state index contributed by atoms with van der Waals surface area (Å²) in [6.07, 6.45) is 1.41. The van der Waals surface area contributed by atoms with Crippen molar-refractivity contribution in [1.29, 1.82) is 0 Å². The van der Waals surface area contributed by atoms with E-state index in [2.05, 4.69) is 0 Å². The summed E-state index contributed by atoms with van der Waals surface area (Å²) in [6, 6.07) is 0. The average Bonchev–Trinajstić information content (AvgIpc) is 2.13. The Hall–Kier alpha value is -0.0613. The summed E-state index contributed by atoms with van der Waals surface area (Å²) >= 11 is 0.527. The van der Waals surface area contributed by atoms with Crippen molar-refractivity contribution in [3.8, 4) is 0 Å². The van der Waals surface area contributed by atoms with Crippen molar-refractivity contribution in [3.63, 3.8) is 0 Å². The Kier molecular flexibility index (Phi) is 2.10. The van der Waals surface area contributed by atoms with Crippen molar-refractivity contribution in [2.45, 2.75) is 12.8 Å². The minimum atomic E-state index is 0.00269. The van der Waals surface area contributed by atoms with Gasteiger partial charge in [-0.05, 0) is 0 Å². The molecule has 0 aromatic rings. The normalized spacial score (nSPS) is 18.8. The maximum absolute atomic E-state index is 10.7. The van der Waals surface area contributed by atoms with E-state index in [9.17, 15) is 9.59 Å². The van der Waals surface area contributed by atoms with Crippen LogP contribution in [0.1, 0.15) is 12.8 Å². The Morgan fingerprint density at radius 2 is 2.33 bits per heavy atom. The number of likely N-dealkylation sites (tertiary alicyclic amines) is 1. The van der Waals surface area contributed by atoms with Gasteiger partial charge in [-0.3, -0.25) is 0 Å². The molecule has 1 saturated heterocycles. The second-order valence-electron chi connectivity index (χ2n) is 1.99. The van der Waals surface area contributed by atoms with Crippen LogP contribution in [0.25, 0.3) is 0 Å². The molecule has 0 spiro atoms. The first-order valence-corrected chi connectivity index (χ1v) is 4.46.